The van der Waals surface area contributed by atoms with Gasteiger partial charge in [-0.2, -0.15) is 0 Å². The topological polar surface area (TPSA) is 57.5 Å². The van der Waals surface area contributed by atoms with E-state index in [0.717, 1.165) is 12.0 Å². The predicted molar refractivity (Wildman–Crippen MR) is 65.3 cm³/mol. The molecule has 0 aliphatic carbocycles. The van der Waals surface area contributed by atoms with Crippen LogP contribution in [-0.4, -0.2) is 22.1 Å². The summed E-state index contributed by atoms with van der Waals surface area (Å²) in [5, 5.41) is 18.3. The molecule has 0 fully saturated rings. The number of aliphatic hydroxyl groups is 1. The lowest BCUT2D eigenvalue weighted by Gasteiger charge is -2.13. The number of rotatable bonds is 5. The predicted octanol–water partition coefficient (Wildman–Crippen LogP) is 2.26. The van der Waals surface area contributed by atoms with Crippen LogP contribution in [0.15, 0.2) is 23.1 Å². The van der Waals surface area contributed by atoms with Gasteiger partial charge in [-0.05, 0) is 30.0 Å². The molecular formula is C11H13ClO3S. The van der Waals surface area contributed by atoms with Crippen LogP contribution < -0.4 is 0 Å². The summed E-state index contributed by atoms with van der Waals surface area (Å²) in [6.45, 7) is 0. The van der Waals surface area contributed by atoms with Crippen molar-refractivity contribution in [2.75, 3.05) is 5.88 Å². The molecule has 0 saturated heterocycles. The molecule has 0 saturated carbocycles. The molecule has 1 aromatic carbocycles. The van der Waals surface area contributed by atoms with Crippen LogP contribution in [0.3, 0.4) is 0 Å². The van der Waals surface area contributed by atoms with Crippen molar-refractivity contribution in [1.82, 2.24) is 0 Å². The lowest BCUT2D eigenvalue weighted by molar-refractivity contribution is -0.147. The number of carboxylic acid groups (broad SMARTS) is 1. The number of hydrogen-bond donors (Lipinski definition) is 3. The van der Waals surface area contributed by atoms with Gasteiger partial charge in [-0.1, -0.05) is 12.1 Å². The zero-order valence-electron chi connectivity index (χ0n) is 8.56. The van der Waals surface area contributed by atoms with Gasteiger partial charge in [0.1, 0.15) is 0 Å². The van der Waals surface area contributed by atoms with Gasteiger partial charge in [-0.3, -0.25) is 0 Å². The van der Waals surface area contributed by atoms with Crippen LogP contribution in [0.5, 0.6) is 0 Å². The Morgan fingerprint density at radius 2 is 2.19 bits per heavy atom. The van der Waals surface area contributed by atoms with E-state index in [0.29, 0.717) is 22.8 Å². The second kappa shape index (κ2) is 6.13. The molecule has 16 heavy (non-hydrogen) atoms. The molecule has 2 N–H and O–H groups in total. The first-order chi connectivity index (χ1) is 7.57. The maximum atomic E-state index is 10.7. The Kier molecular flexibility index (Phi) is 5.12. The fraction of sp³-hybridized carbons (Fsp3) is 0.364. The van der Waals surface area contributed by atoms with Crippen LogP contribution in [-0.2, 0) is 11.2 Å². The summed E-state index contributed by atoms with van der Waals surface area (Å²) in [4.78, 5) is 11.4. The average Bonchev–Trinajstić information content (AvgIpc) is 2.26. The zero-order valence-corrected chi connectivity index (χ0v) is 10.2. The van der Waals surface area contributed by atoms with Gasteiger partial charge in [0, 0.05) is 10.8 Å². The normalized spacial score (nSPS) is 12.4. The second-order valence-electron chi connectivity index (χ2n) is 3.38. The smallest absolute Gasteiger partial charge is 0.337 e. The lowest BCUT2D eigenvalue weighted by Crippen LogP contribution is -2.13. The molecule has 3 nitrogen and oxygen atoms in total. The molecular weight excluding hydrogens is 248 g/mol. The third-order valence-electron chi connectivity index (χ3n) is 2.28. The summed E-state index contributed by atoms with van der Waals surface area (Å²) in [5.74, 6) is -0.767. The number of carbonyl (C=O) groups is 1. The van der Waals surface area contributed by atoms with Gasteiger partial charge in [0.2, 0.25) is 0 Å². The Hall–Kier alpha value is -0.710. The molecule has 0 bridgehead atoms. The van der Waals surface area contributed by atoms with Crippen LogP contribution >= 0.6 is 24.2 Å². The van der Waals surface area contributed by atoms with E-state index in [-0.39, 0.29) is 0 Å². The molecule has 0 aromatic heterocycles. The summed E-state index contributed by atoms with van der Waals surface area (Å²) in [5.41, 5.74) is 1.14. The van der Waals surface area contributed by atoms with Crippen molar-refractivity contribution in [3.8, 4) is 0 Å². The number of alkyl halides is 1. The SMILES string of the molecule is O=C(O)C(O)c1cccc(S)c1CCCCl. The largest absolute Gasteiger partial charge is 0.479 e. The van der Waals surface area contributed by atoms with Crippen molar-refractivity contribution in [1.29, 1.82) is 0 Å². The molecule has 0 spiro atoms. The second-order valence-corrected chi connectivity index (χ2v) is 4.24. The van der Waals surface area contributed by atoms with Gasteiger partial charge < -0.3 is 10.2 Å². The van der Waals surface area contributed by atoms with Crippen LogP contribution in [0.4, 0.5) is 0 Å². The molecule has 1 atom stereocenters. The van der Waals surface area contributed by atoms with Crippen LogP contribution in [0.1, 0.15) is 23.7 Å². The molecule has 0 radical (unpaired) electrons. The minimum atomic E-state index is -1.50. The third-order valence-corrected chi connectivity index (χ3v) is 2.96. The maximum absolute atomic E-state index is 10.7. The lowest BCUT2D eigenvalue weighted by atomic mass is 9.99. The Bertz CT molecular complexity index is 381. The highest BCUT2D eigenvalue weighted by Gasteiger charge is 2.20. The van der Waals surface area contributed by atoms with Gasteiger partial charge in [0.05, 0.1) is 0 Å². The zero-order chi connectivity index (χ0) is 12.1. The van der Waals surface area contributed by atoms with Gasteiger partial charge in [-0.15, -0.1) is 24.2 Å². The third kappa shape index (κ3) is 3.14. The minimum Gasteiger partial charge on any atom is -0.479 e. The van der Waals surface area contributed by atoms with Crippen molar-refractivity contribution >= 4 is 30.2 Å². The van der Waals surface area contributed by atoms with E-state index in [4.69, 9.17) is 16.7 Å². The quantitative estimate of drug-likeness (QED) is 0.562. The maximum Gasteiger partial charge on any atom is 0.337 e. The van der Waals surface area contributed by atoms with Crippen molar-refractivity contribution in [3.05, 3.63) is 29.3 Å². The first-order valence-corrected chi connectivity index (χ1v) is 5.83. The molecule has 1 rings (SSSR count). The number of aliphatic hydroxyl groups excluding tert-OH is 1. The first kappa shape index (κ1) is 13.4. The van der Waals surface area contributed by atoms with E-state index in [1.807, 2.05) is 0 Å². The van der Waals surface area contributed by atoms with Crippen LogP contribution in [0.2, 0.25) is 0 Å². The fourth-order valence-electron chi connectivity index (χ4n) is 1.50. The summed E-state index contributed by atoms with van der Waals surface area (Å²) in [7, 11) is 0. The highest BCUT2D eigenvalue weighted by molar-refractivity contribution is 7.80. The molecule has 1 unspecified atom stereocenters. The summed E-state index contributed by atoms with van der Waals surface area (Å²) < 4.78 is 0. The Balaban J connectivity index is 3.06. The van der Waals surface area contributed by atoms with Crippen molar-refractivity contribution in [3.63, 3.8) is 0 Å². The van der Waals surface area contributed by atoms with Crippen molar-refractivity contribution < 1.29 is 15.0 Å². The van der Waals surface area contributed by atoms with E-state index in [1.165, 1.54) is 0 Å². The molecule has 1 aromatic rings. The van der Waals surface area contributed by atoms with Crippen LogP contribution in [0.25, 0.3) is 0 Å². The van der Waals surface area contributed by atoms with Crippen LogP contribution in [0, 0.1) is 0 Å². The number of benzene rings is 1. The summed E-state index contributed by atoms with van der Waals surface area (Å²) >= 11 is 9.85. The van der Waals surface area contributed by atoms with E-state index in [2.05, 4.69) is 12.6 Å². The number of aliphatic carboxylic acids is 1. The molecule has 5 heteroatoms. The minimum absolute atomic E-state index is 0.394. The number of carboxylic acids is 1. The standard InChI is InChI=1S/C11H13ClO3S/c12-6-2-4-7-8(10(13)11(14)15)3-1-5-9(7)16/h1,3,5,10,13,16H,2,4,6H2,(H,14,15). The van der Waals surface area contributed by atoms with Gasteiger partial charge in [0.15, 0.2) is 6.10 Å². The summed E-state index contributed by atoms with van der Waals surface area (Å²) in [6, 6.07) is 5.04. The number of hydrogen-bond acceptors (Lipinski definition) is 3. The van der Waals surface area contributed by atoms with Crippen molar-refractivity contribution in [2.45, 2.75) is 23.8 Å². The fourth-order valence-corrected chi connectivity index (χ4v) is 1.96. The number of halogens is 1. The first-order valence-electron chi connectivity index (χ1n) is 4.85. The molecule has 0 aliphatic heterocycles. The Labute approximate surface area is 104 Å². The average molecular weight is 261 g/mol. The Morgan fingerprint density at radius 1 is 1.50 bits per heavy atom. The molecule has 88 valence electrons. The van der Waals surface area contributed by atoms with E-state index >= 15 is 0 Å². The number of thiol groups is 1. The highest BCUT2D eigenvalue weighted by Crippen LogP contribution is 2.25. The van der Waals surface area contributed by atoms with Gasteiger partial charge in [0.25, 0.3) is 0 Å². The molecule has 0 aliphatic rings. The molecule has 0 amide bonds. The van der Waals surface area contributed by atoms with E-state index < -0.39 is 12.1 Å². The monoisotopic (exact) mass is 260 g/mol. The Morgan fingerprint density at radius 3 is 2.75 bits per heavy atom. The van der Waals surface area contributed by atoms with Gasteiger partial charge >= 0.3 is 5.97 Å². The van der Waals surface area contributed by atoms with E-state index in [9.17, 15) is 9.90 Å². The van der Waals surface area contributed by atoms with Crippen molar-refractivity contribution in [2.24, 2.45) is 0 Å². The molecule has 0 heterocycles. The highest BCUT2D eigenvalue weighted by atomic mass is 35.5. The van der Waals surface area contributed by atoms with E-state index in [1.54, 1.807) is 18.2 Å². The summed E-state index contributed by atoms with van der Waals surface area (Å²) in [6.07, 6.45) is -0.168. The van der Waals surface area contributed by atoms with Gasteiger partial charge in [-0.25, -0.2) is 4.79 Å².